The minimum Gasteiger partial charge on any atom is -0.314 e. The summed E-state index contributed by atoms with van der Waals surface area (Å²) < 4.78 is 0. The molecule has 0 saturated heterocycles. The predicted octanol–water partition coefficient (Wildman–Crippen LogP) is 5.87. The fraction of sp³-hybridized carbons (Fsp3) is 0.667. The Morgan fingerprint density at radius 3 is 2.67 bits per heavy atom. The molecule has 2 rings (SSSR count). The average molecular weight is 328 g/mol. The molecule has 1 aliphatic carbocycles. The third-order valence-electron chi connectivity index (χ3n) is 4.64. The van der Waals surface area contributed by atoms with E-state index in [0.717, 1.165) is 23.9 Å². The summed E-state index contributed by atoms with van der Waals surface area (Å²) in [5.41, 5.74) is 1.17. The molecule has 1 aliphatic rings. The van der Waals surface area contributed by atoms with Gasteiger partial charge in [-0.1, -0.05) is 74.4 Å². The highest BCUT2D eigenvalue weighted by atomic mass is 35.5. The average Bonchev–Trinajstić information content (AvgIpc) is 2.50. The Balaban J connectivity index is 1.90. The van der Waals surface area contributed by atoms with E-state index >= 15 is 0 Å². The lowest BCUT2D eigenvalue weighted by Gasteiger charge is -2.25. The Hall–Kier alpha value is -0.240. The van der Waals surface area contributed by atoms with Crippen LogP contribution in [0.5, 0.6) is 0 Å². The van der Waals surface area contributed by atoms with Crippen molar-refractivity contribution in [2.75, 3.05) is 6.54 Å². The molecule has 0 aliphatic heterocycles. The van der Waals surface area contributed by atoms with Crippen molar-refractivity contribution in [2.24, 2.45) is 5.92 Å². The molecule has 0 aromatic heterocycles. The lowest BCUT2D eigenvalue weighted by atomic mass is 9.84. The summed E-state index contributed by atoms with van der Waals surface area (Å²) in [5.74, 6) is 0.940. The second-order valence-corrected chi connectivity index (χ2v) is 7.04. The molecule has 0 heterocycles. The molecule has 1 fully saturated rings. The van der Waals surface area contributed by atoms with Crippen LogP contribution in [0.1, 0.15) is 57.4 Å². The first-order valence-corrected chi connectivity index (χ1v) is 9.12. The molecular weight excluding hydrogens is 301 g/mol. The first-order chi connectivity index (χ1) is 10.2. The largest absolute Gasteiger partial charge is 0.314 e. The molecule has 1 atom stereocenters. The van der Waals surface area contributed by atoms with Crippen LogP contribution in [0.4, 0.5) is 0 Å². The minimum atomic E-state index is 0.507. The smallest absolute Gasteiger partial charge is 0.0624 e. The molecule has 0 bridgehead atoms. The Bertz CT molecular complexity index is 427. The first-order valence-electron chi connectivity index (χ1n) is 8.37. The highest BCUT2D eigenvalue weighted by molar-refractivity contribution is 6.42. The van der Waals surface area contributed by atoms with Gasteiger partial charge < -0.3 is 5.32 Å². The minimum absolute atomic E-state index is 0.507. The van der Waals surface area contributed by atoms with Crippen molar-refractivity contribution in [3.05, 3.63) is 33.8 Å². The summed E-state index contributed by atoms with van der Waals surface area (Å²) in [6.07, 6.45) is 10.7. The number of halogens is 2. The Kier molecular flexibility index (Phi) is 7.36. The monoisotopic (exact) mass is 327 g/mol. The topological polar surface area (TPSA) is 12.0 Å². The third-order valence-corrected chi connectivity index (χ3v) is 5.50. The SMILES string of the molecule is CCNC(CCC1CCCCC1)Cc1cccc(Cl)c1Cl. The zero-order valence-corrected chi connectivity index (χ0v) is 14.5. The van der Waals surface area contributed by atoms with Gasteiger partial charge in [0.1, 0.15) is 0 Å². The van der Waals surface area contributed by atoms with Crippen LogP contribution < -0.4 is 5.32 Å². The van der Waals surface area contributed by atoms with E-state index in [1.54, 1.807) is 0 Å². The van der Waals surface area contributed by atoms with Gasteiger partial charge >= 0.3 is 0 Å². The molecule has 1 unspecified atom stereocenters. The van der Waals surface area contributed by atoms with E-state index in [4.69, 9.17) is 23.2 Å². The summed E-state index contributed by atoms with van der Waals surface area (Å²) >= 11 is 12.4. The van der Waals surface area contributed by atoms with Gasteiger partial charge in [0, 0.05) is 6.04 Å². The van der Waals surface area contributed by atoms with Gasteiger partial charge in [-0.15, -0.1) is 0 Å². The molecule has 0 spiro atoms. The quantitative estimate of drug-likeness (QED) is 0.659. The summed E-state index contributed by atoms with van der Waals surface area (Å²) in [6.45, 7) is 3.18. The Morgan fingerprint density at radius 2 is 1.95 bits per heavy atom. The van der Waals surface area contributed by atoms with Crippen LogP contribution in [0.3, 0.4) is 0 Å². The van der Waals surface area contributed by atoms with Crippen molar-refractivity contribution in [3.63, 3.8) is 0 Å². The zero-order chi connectivity index (χ0) is 15.1. The molecular formula is C18H27Cl2N. The highest BCUT2D eigenvalue weighted by Gasteiger charge is 2.17. The molecule has 1 aromatic carbocycles. The molecule has 1 saturated carbocycles. The van der Waals surface area contributed by atoms with Gasteiger partial charge in [-0.3, -0.25) is 0 Å². The van der Waals surface area contributed by atoms with E-state index in [1.165, 1.54) is 50.5 Å². The van der Waals surface area contributed by atoms with Gasteiger partial charge in [0.15, 0.2) is 0 Å². The van der Waals surface area contributed by atoms with Crippen molar-refractivity contribution in [2.45, 2.75) is 64.3 Å². The summed E-state index contributed by atoms with van der Waals surface area (Å²) in [6, 6.07) is 6.46. The standard InChI is InChI=1S/C18H27Cl2N/c1-2-21-16(12-11-14-7-4-3-5-8-14)13-15-9-6-10-17(19)18(15)20/h6,9-10,14,16,21H,2-5,7-8,11-13H2,1H3. The normalized spacial score (nSPS) is 17.9. The fourth-order valence-electron chi connectivity index (χ4n) is 3.45. The molecule has 0 amide bonds. The second kappa shape index (κ2) is 9.02. The van der Waals surface area contributed by atoms with Crippen molar-refractivity contribution in [3.8, 4) is 0 Å². The number of hydrogen-bond donors (Lipinski definition) is 1. The van der Waals surface area contributed by atoms with E-state index in [1.807, 2.05) is 12.1 Å². The lowest BCUT2D eigenvalue weighted by Crippen LogP contribution is -2.31. The molecule has 0 radical (unpaired) electrons. The van der Waals surface area contributed by atoms with Crippen LogP contribution in [-0.2, 0) is 6.42 Å². The van der Waals surface area contributed by atoms with Crippen molar-refractivity contribution in [1.29, 1.82) is 0 Å². The second-order valence-electron chi connectivity index (χ2n) is 6.25. The maximum atomic E-state index is 6.33. The third kappa shape index (κ3) is 5.47. The van der Waals surface area contributed by atoms with Gasteiger partial charge in [-0.25, -0.2) is 0 Å². The van der Waals surface area contributed by atoms with Gasteiger partial charge in [-0.05, 0) is 43.4 Å². The van der Waals surface area contributed by atoms with E-state index in [-0.39, 0.29) is 0 Å². The van der Waals surface area contributed by atoms with Gasteiger partial charge in [0.2, 0.25) is 0 Å². The van der Waals surface area contributed by atoms with Crippen LogP contribution in [0.2, 0.25) is 10.0 Å². The molecule has 3 heteroatoms. The number of benzene rings is 1. The molecule has 1 nitrogen and oxygen atoms in total. The zero-order valence-electron chi connectivity index (χ0n) is 13.0. The van der Waals surface area contributed by atoms with E-state index in [0.29, 0.717) is 11.1 Å². The number of likely N-dealkylation sites (N-methyl/N-ethyl adjacent to an activating group) is 1. The Labute approximate surface area is 139 Å². The molecule has 1 N–H and O–H groups in total. The molecule has 21 heavy (non-hydrogen) atoms. The Morgan fingerprint density at radius 1 is 1.19 bits per heavy atom. The van der Waals surface area contributed by atoms with Crippen LogP contribution in [0.15, 0.2) is 18.2 Å². The van der Waals surface area contributed by atoms with Gasteiger partial charge in [-0.2, -0.15) is 0 Å². The van der Waals surface area contributed by atoms with Crippen LogP contribution in [0, 0.1) is 5.92 Å². The maximum absolute atomic E-state index is 6.33. The summed E-state index contributed by atoms with van der Waals surface area (Å²) in [4.78, 5) is 0. The van der Waals surface area contributed by atoms with Crippen LogP contribution >= 0.6 is 23.2 Å². The van der Waals surface area contributed by atoms with Crippen LogP contribution in [0.25, 0.3) is 0 Å². The molecule has 1 aromatic rings. The van der Waals surface area contributed by atoms with Gasteiger partial charge in [0.05, 0.1) is 10.0 Å². The van der Waals surface area contributed by atoms with E-state index < -0.39 is 0 Å². The molecule has 118 valence electrons. The number of nitrogens with one attached hydrogen (secondary N) is 1. The number of rotatable bonds is 7. The lowest BCUT2D eigenvalue weighted by molar-refractivity contribution is 0.313. The van der Waals surface area contributed by atoms with Crippen LogP contribution in [-0.4, -0.2) is 12.6 Å². The summed E-state index contributed by atoms with van der Waals surface area (Å²) in [5, 5.41) is 5.00. The highest BCUT2D eigenvalue weighted by Crippen LogP contribution is 2.30. The predicted molar refractivity (Wildman–Crippen MR) is 93.4 cm³/mol. The number of hydrogen-bond acceptors (Lipinski definition) is 1. The first kappa shape index (κ1) is 17.1. The fourth-order valence-corrected chi connectivity index (χ4v) is 3.85. The van der Waals surface area contributed by atoms with Crippen molar-refractivity contribution < 1.29 is 0 Å². The van der Waals surface area contributed by atoms with Crippen molar-refractivity contribution in [1.82, 2.24) is 5.32 Å². The summed E-state index contributed by atoms with van der Waals surface area (Å²) in [7, 11) is 0. The van der Waals surface area contributed by atoms with E-state index in [2.05, 4.69) is 18.3 Å². The van der Waals surface area contributed by atoms with Gasteiger partial charge in [0.25, 0.3) is 0 Å². The van der Waals surface area contributed by atoms with Crippen molar-refractivity contribution >= 4 is 23.2 Å². The van der Waals surface area contributed by atoms with E-state index in [9.17, 15) is 0 Å². The maximum Gasteiger partial charge on any atom is 0.0624 e.